The summed E-state index contributed by atoms with van der Waals surface area (Å²) in [4.78, 5) is 18.8. The van der Waals surface area contributed by atoms with Crippen molar-refractivity contribution in [2.45, 2.75) is 26.3 Å². The van der Waals surface area contributed by atoms with Crippen molar-refractivity contribution in [1.82, 2.24) is 14.3 Å². The lowest BCUT2D eigenvalue weighted by atomic mass is 9.99. The van der Waals surface area contributed by atoms with Crippen molar-refractivity contribution < 1.29 is 5.11 Å². The molecule has 0 saturated carbocycles. The van der Waals surface area contributed by atoms with Gasteiger partial charge in [0.05, 0.1) is 10.7 Å². The van der Waals surface area contributed by atoms with Crippen molar-refractivity contribution in [3.63, 3.8) is 0 Å². The quantitative estimate of drug-likeness (QED) is 0.925. The summed E-state index contributed by atoms with van der Waals surface area (Å²) in [6.45, 7) is 4.95. The second-order valence-electron chi connectivity index (χ2n) is 5.78. The minimum Gasteiger partial charge on any atom is -0.504 e. The molecule has 0 amide bonds. The van der Waals surface area contributed by atoms with Crippen LogP contribution in [0, 0.1) is 5.92 Å². The fourth-order valence-electron chi connectivity index (χ4n) is 2.73. The molecule has 0 spiro atoms. The van der Waals surface area contributed by atoms with Crippen molar-refractivity contribution >= 4 is 17.2 Å². The number of aromatic nitrogens is 2. The van der Waals surface area contributed by atoms with Crippen LogP contribution >= 0.6 is 11.6 Å². The lowest BCUT2D eigenvalue weighted by molar-refractivity contribution is 0.183. The largest absolute Gasteiger partial charge is 0.504 e. The predicted molar refractivity (Wildman–Crippen MR) is 81.8 cm³/mol. The first kappa shape index (κ1) is 14.4. The Morgan fingerprint density at radius 3 is 2.81 bits per heavy atom. The maximum atomic E-state index is 12.1. The van der Waals surface area contributed by atoms with E-state index in [4.69, 9.17) is 11.6 Å². The van der Waals surface area contributed by atoms with Crippen LogP contribution in [0.5, 0.6) is 5.75 Å². The van der Waals surface area contributed by atoms with E-state index in [2.05, 4.69) is 16.8 Å². The third-order valence-electron chi connectivity index (χ3n) is 4.02. The number of fused-ring (bicyclic) bond motifs is 1. The fraction of sp³-hybridized carbons (Fsp3) is 0.467. The Bertz CT molecular complexity index is 721. The summed E-state index contributed by atoms with van der Waals surface area (Å²) in [5.41, 5.74) is 0.720. The van der Waals surface area contributed by atoms with E-state index in [-0.39, 0.29) is 17.0 Å². The number of hydrogen-bond acceptors (Lipinski definition) is 4. The number of aromatic hydroxyl groups is 1. The minimum absolute atomic E-state index is 0.0753. The topological polar surface area (TPSA) is 57.8 Å². The molecule has 112 valence electrons. The van der Waals surface area contributed by atoms with E-state index in [9.17, 15) is 9.90 Å². The van der Waals surface area contributed by atoms with E-state index in [0.29, 0.717) is 17.3 Å². The van der Waals surface area contributed by atoms with Gasteiger partial charge in [0, 0.05) is 24.9 Å². The molecule has 3 heterocycles. The maximum absolute atomic E-state index is 12.1. The molecule has 1 N–H and O–H groups in total. The van der Waals surface area contributed by atoms with E-state index in [0.717, 1.165) is 19.0 Å². The highest BCUT2D eigenvalue weighted by Crippen LogP contribution is 2.21. The standard InChI is InChI=1S/C15H18ClN3O2/c1-10-2-4-18(5-3-10)9-12-7-14(21)19-8-11(16)6-13(20)15(19)17-12/h6-8,10,20H,2-5,9H2,1H3. The summed E-state index contributed by atoms with van der Waals surface area (Å²) in [6.07, 6.45) is 3.82. The Kier molecular flexibility index (Phi) is 3.87. The minimum atomic E-state index is -0.224. The van der Waals surface area contributed by atoms with E-state index in [1.54, 1.807) is 0 Å². The number of piperidine rings is 1. The van der Waals surface area contributed by atoms with Gasteiger partial charge in [-0.1, -0.05) is 18.5 Å². The summed E-state index contributed by atoms with van der Waals surface area (Å²) >= 11 is 5.85. The number of nitrogens with zero attached hydrogens (tertiary/aromatic N) is 3. The molecule has 2 aromatic heterocycles. The molecule has 0 radical (unpaired) electrons. The van der Waals surface area contributed by atoms with Crippen LogP contribution in [0.15, 0.2) is 23.1 Å². The number of rotatable bonds is 2. The third kappa shape index (κ3) is 3.04. The number of halogens is 1. The number of hydrogen-bond donors (Lipinski definition) is 1. The zero-order valence-corrected chi connectivity index (χ0v) is 12.7. The molecule has 1 aliphatic rings. The first-order valence-electron chi connectivity index (χ1n) is 7.16. The SMILES string of the molecule is CC1CCN(Cc2cc(=O)n3cc(Cl)cc(O)c3n2)CC1. The highest BCUT2D eigenvalue weighted by atomic mass is 35.5. The van der Waals surface area contributed by atoms with E-state index in [1.807, 2.05) is 0 Å². The predicted octanol–water partition coefficient (Wildman–Crippen LogP) is 2.29. The molecule has 0 aliphatic carbocycles. The Morgan fingerprint density at radius 2 is 2.10 bits per heavy atom. The van der Waals surface area contributed by atoms with Gasteiger partial charge in [0.25, 0.3) is 5.56 Å². The molecule has 0 unspecified atom stereocenters. The van der Waals surface area contributed by atoms with E-state index in [1.165, 1.54) is 35.6 Å². The monoisotopic (exact) mass is 307 g/mol. The second-order valence-corrected chi connectivity index (χ2v) is 6.22. The summed E-state index contributed by atoms with van der Waals surface area (Å²) in [5, 5.41) is 10.2. The molecule has 0 aromatic carbocycles. The molecule has 1 fully saturated rings. The third-order valence-corrected chi connectivity index (χ3v) is 4.23. The molecule has 1 aliphatic heterocycles. The van der Waals surface area contributed by atoms with Gasteiger partial charge in [-0.2, -0.15) is 0 Å². The van der Waals surface area contributed by atoms with E-state index < -0.39 is 0 Å². The van der Waals surface area contributed by atoms with Crippen LogP contribution in [-0.4, -0.2) is 32.5 Å². The second kappa shape index (κ2) is 5.66. The molecular formula is C15H18ClN3O2. The van der Waals surface area contributed by atoms with Crippen LogP contribution in [0.3, 0.4) is 0 Å². The molecular weight excluding hydrogens is 290 g/mol. The van der Waals surface area contributed by atoms with Gasteiger partial charge in [-0.25, -0.2) is 4.98 Å². The summed E-state index contributed by atoms with van der Waals surface area (Å²) in [7, 11) is 0. The maximum Gasteiger partial charge on any atom is 0.258 e. The zero-order chi connectivity index (χ0) is 15.0. The fourth-order valence-corrected chi connectivity index (χ4v) is 2.93. The van der Waals surface area contributed by atoms with Crippen molar-refractivity contribution in [3.8, 4) is 5.75 Å². The highest BCUT2D eigenvalue weighted by Gasteiger charge is 2.17. The lowest BCUT2D eigenvalue weighted by Crippen LogP contribution is -2.33. The van der Waals surface area contributed by atoms with Crippen molar-refractivity contribution in [1.29, 1.82) is 0 Å². The van der Waals surface area contributed by atoms with Gasteiger partial charge in [-0.15, -0.1) is 0 Å². The van der Waals surface area contributed by atoms with Crippen LogP contribution in [-0.2, 0) is 6.54 Å². The normalized spacial score (nSPS) is 17.4. The van der Waals surface area contributed by atoms with Gasteiger partial charge in [0.1, 0.15) is 0 Å². The molecule has 6 heteroatoms. The molecule has 3 rings (SSSR count). The van der Waals surface area contributed by atoms with Crippen LogP contribution in [0.2, 0.25) is 5.02 Å². The van der Waals surface area contributed by atoms with E-state index >= 15 is 0 Å². The molecule has 5 nitrogen and oxygen atoms in total. The molecule has 21 heavy (non-hydrogen) atoms. The van der Waals surface area contributed by atoms with Gasteiger partial charge in [0.2, 0.25) is 0 Å². The number of likely N-dealkylation sites (tertiary alicyclic amines) is 1. The summed E-state index contributed by atoms with van der Waals surface area (Å²) in [5.74, 6) is 0.691. The Morgan fingerprint density at radius 1 is 1.38 bits per heavy atom. The van der Waals surface area contributed by atoms with Gasteiger partial charge < -0.3 is 5.11 Å². The highest BCUT2D eigenvalue weighted by molar-refractivity contribution is 6.30. The summed E-state index contributed by atoms with van der Waals surface area (Å²) < 4.78 is 1.28. The zero-order valence-electron chi connectivity index (χ0n) is 11.9. The van der Waals surface area contributed by atoms with Gasteiger partial charge in [0.15, 0.2) is 11.4 Å². The van der Waals surface area contributed by atoms with Gasteiger partial charge in [-0.05, 0) is 31.8 Å². The van der Waals surface area contributed by atoms with Gasteiger partial charge >= 0.3 is 0 Å². The Hall–Kier alpha value is -1.59. The Balaban J connectivity index is 1.92. The van der Waals surface area contributed by atoms with Crippen molar-refractivity contribution in [2.75, 3.05) is 13.1 Å². The summed E-state index contributed by atoms with van der Waals surface area (Å²) in [6, 6.07) is 2.91. The molecule has 1 saturated heterocycles. The van der Waals surface area contributed by atoms with Crippen LogP contribution in [0.25, 0.3) is 5.65 Å². The Labute approximate surface area is 127 Å². The van der Waals surface area contributed by atoms with Crippen molar-refractivity contribution in [2.24, 2.45) is 5.92 Å². The first-order valence-corrected chi connectivity index (χ1v) is 7.54. The number of pyridine rings is 1. The average molecular weight is 308 g/mol. The van der Waals surface area contributed by atoms with Crippen molar-refractivity contribution in [3.05, 3.63) is 39.4 Å². The smallest absolute Gasteiger partial charge is 0.258 e. The van der Waals surface area contributed by atoms with Gasteiger partial charge in [-0.3, -0.25) is 14.1 Å². The average Bonchev–Trinajstić information content (AvgIpc) is 2.43. The van der Waals surface area contributed by atoms with Crippen LogP contribution in [0.1, 0.15) is 25.5 Å². The first-order chi connectivity index (χ1) is 10.0. The van der Waals surface area contributed by atoms with Crippen LogP contribution < -0.4 is 5.56 Å². The molecule has 0 atom stereocenters. The van der Waals surface area contributed by atoms with Crippen LogP contribution in [0.4, 0.5) is 0 Å². The molecule has 2 aromatic rings. The lowest BCUT2D eigenvalue weighted by Gasteiger charge is -2.29. The molecule has 0 bridgehead atoms.